The third kappa shape index (κ3) is 2.34. The van der Waals surface area contributed by atoms with Crippen LogP contribution >= 0.6 is 0 Å². The van der Waals surface area contributed by atoms with Crippen LogP contribution in [0.3, 0.4) is 0 Å². The molecule has 0 fully saturated rings. The van der Waals surface area contributed by atoms with Crippen molar-refractivity contribution in [1.82, 2.24) is 4.57 Å². The molecule has 2 heteroatoms. The number of benzene rings is 1. The zero-order valence-corrected chi connectivity index (χ0v) is 8.71. The lowest BCUT2D eigenvalue weighted by Gasteiger charge is -1.93. The zero-order valence-electron chi connectivity index (χ0n) is 8.71. The number of rotatable bonds is 4. The van der Waals surface area contributed by atoms with Crippen LogP contribution in [0.2, 0.25) is 0 Å². The van der Waals surface area contributed by atoms with Crippen molar-refractivity contribution in [3.8, 4) is 5.69 Å². The molecule has 0 saturated carbocycles. The van der Waals surface area contributed by atoms with Gasteiger partial charge in [0.25, 0.3) is 0 Å². The Labute approximate surface area is 90.1 Å². The molecule has 0 N–H and O–H groups in total. The van der Waals surface area contributed by atoms with Crippen molar-refractivity contribution < 1.29 is 4.57 Å². The lowest BCUT2D eigenvalue weighted by molar-refractivity contribution is -0.695. The van der Waals surface area contributed by atoms with Crippen molar-refractivity contribution in [3.63, 3.8) is 0 Å². The zero-order chi connectivity index (χ0) is 10.5. The molecular formula is C13H15N2+. The molecule has 76 valence electrons. The fraction of sp³-hybridized carbons (Fsp3) is 0.154. The fourth-order valence-electron chi connectivity index (χ4n) is 1.52. The average Bonchev–Trinajstić information content (AvgIpc) is 2.76. The summed E-state index contributed by atoms with van der Waals surface area (Å²) in [6.45, 7) is 4.71. The van der Waals surface area contributed by atoms with Crippen LogP contribution < -0.4 is 4.57 Å². The van der Waals surface area contributed by atoms with Crippen LogP contribution in [0.1, 0.15) is 6.42 Å². The van der Waals surface area contributed by atoms with Crippen LogP contribution in [0.15, 0.2) is 61.7 Å². The molecule has 0 atom stereocenters. The third-order valence-corrected chi connectivity index (χ3v) is 2.34. The molecule has 1 aromatic heterocycles. The quantitative estimate of drug-likeness (QED) is 0.528. The highest BCUT2D eigenvalue weighted by Gasteiger charge is 2.04. The minimum Gasteiger partial charge on any atom is -0.236 e. The van der Waals surface area contributed by atoms with Gasteiger partial charge in [0.15, 0.2) is 0 Å². The van der Waals surface area contributed by atoms with Crippen molar-refractivity contribution >= 4 is 0 Å². The van der Waals surface area contributed by atoms with Gasteiger partial charge in [-0.25, -0.2) is 9.13 Å². The second-order valence-corrected chi connectivity index (χ2v) is 3.47. The normalized spacial score (nSPS) is 10.1. The maximum Gasteiger partial charge on any atom is 0.248 e. The summed E-state index contributed by atoms with van der Waals surface area (Å²) in [5.41, 5.74) is 1.19. The number of imidazole rings is 1. The summed E-state index contributed by atoms with van der Waals surface area (Å²) in [5.74, 6) is 0. The van der Waals surface area contributed by atoms with Crippen LogP contribution in [-0.2, 0) is 6.54 Å². The van der Waals surface area contributed by atoms with Gasteiger partial charge in [0.05, 0.1) is 6.54 Å². The second-order valence-electron chi connectivity index (χ2n) is 3.47. The largest absolute Gasteiger partial charge is 0.248 e. The van der Waals surface area contributed by atoms with Crippen molar-refractivity contribution in [3.05, 3.63) is 61.7 Å². The smallest absolute Gasteiger partial charge is 0.236 e. The summed E-state index contributed by atoms with van der Waals surface area (Å²) in [6.07, 6.45) is 9.18. The lowest BCUT2D eigenvalue weighted by atomic mass is 10.3. The van der Waals surface area contributed by atoms with Gasteiger partial charge in [-0.3, -0.25) is 0 Å². The monoisotopic (exact) mass is 199 g/mol. The van der Waals surface area contributed by atoms with E-state index in [2.05, 4.69) is 46.6 Å². The van der Waals surface area contributed by atoms with Crippen molar-refractivity contribution in [2.75, 3.05) is 0 Å². The Balaban J connectivity index is 2.17. The molecule has 0 radical (unpaired) electrons. The molecule has 2 nitrogen and oxygen atoms in total. The van der Waals surface area contributed by atoms with E-state index in [0.717, 1.165) is 13.0 Å². The molecular weight excluding hydrogens is 184 g/mol. The maximum atomic E-state index is 3.72. The number of allylic oxidation sites excluding steroid dienone is 1. The Hall–Kier alpha value is -1.83. The first-order valence-electron chi connectivity index (χ1n) is 5.13. The minimum absolute atomic E-state index is 0.989. The van der Waals surface area contributed by atoms with E-state index in [1.807, 2.05) is 24.3 Å². The van der Waals surface area contributed by atoms with E-state index in [1.54, 1.807) is 0 Å². The van der Waals surface area contributed by atoms with E-state index in [4.69, 9.17) is 0 Å². The summed E-state index contributed by atoms with van der Waals surface area (Å²) in [4.78, 5) is 0. The molecule has 0 saturated heterocycles. The van der Waals surface area contributed by atoms with E-state index in [1.165, 1.54) is 5.69 Å². The maximum absolute atomic E-state index is 3.72. The van der Waals surface area contributed by atoms with Gasteiger partial charge in [-0.1, -0.05) is 24.3 Å². The van der Waals surface area contributed by atoms with Crippen LogP contribution in [0.25, 0.3) is 5.69 Å². The van der Waals surface area contributed by atoms with Gasteiger partial charge in [0.1, 0.15) is 18.1 Å². The molecule has 0 spiro atoms. The molecule has 1 aromatic carbocycles. The molecule has 0 bridgehead atoms. The van der Waals surface area contributed by atoms with Crippen molar-refractivity contribution in [1.29, 1.82) is 0 Å². The van der Waals surface area contributed by atoms with E-state index >= 15 is 0 Å². The molecule has 1 heterocycles. The van der Waals surface area contributed by atoms with E-state index < -0.39 is 0 Å². The van der Waals surface area contributed by atoms with Gasteiger partial charge in [0.2, 0.25) is 6.33 Å². The highest BCUT2D eigenvalue weighted by Crippen LogP contribution is 2.04. The molecule has 0 aliphatic rings. The Morgan fingerprint density at radius 3 is 2.80 bits per heavy atom. The standard InChI is InChI=1S/C13H15N2/c1-2-3-9-14-10-11-15(12-14)13-7-5-4-6-8-13/h2,4-8,10-12H,1,3,9H2/q+1. The highest BCUT2D eigenvalue weighted by molar-refractivity contribution is 5.30. The Kier molecular flexibility index (Phi) is 2.98. The number of para-hydroxylation sites is 1. The van der Waals surface area contributed by atoms with Crippen molar-refractivity contribution in [2.45, 2.75) is 13.0 Å². The number of hydrogen-bond donors (Lipinski definition) is 0. The first kappa shape index (κ1) is 9.71. The van der Waals surface area contributed by atoms with Crippen LogP contribution in [0.4, 0.5) is 0 Å². The molecule has 2 rings (SSSR count). The summed E-state index contributed by atoms with van der Waals surface area (Å²) in [6, 6.07) is 10.3. The Morgan fingerprint density at radius 1 is 1.27 bits per heavy atom. The van der Waals surface area contributed by atoms with Gasteiger partial charge in [0, 0.05) is 6.42 Å². The molecule has 15 heavy (non-hydrogen) atoms. The van der Waals surface area contributed by atoms with E-state index in [9.17, 15) is 0 Å². The Morgan fingerprint density at radius 2 is 2.07 bits per heavy atom. The Bertz CT molecular complexity index is 429. The molecule has 0 aliphatic heterocycles. The van der Waals surface area contributed by atoms with E-state index in [0.29, 0.717) is 0 Å². The van der Waals surface area contributed by atoms with E-state index in [-0.39, 0.29) is 0 Å². The number of aromatic nitrogens is 2. The topological polar surface area (TPSA) is 8.81 Å². The highest BCUT2D eigenvalue weighted by atomic mass is 15.1. The lowest BCUT2D eigenvalue weighted by Crippen LogP contribution is -2.30. The third-order valence-electron chi connectivity index (χ3n) is 2.34. The summed E-state index contributed by atoms with van der Waals surface area (Å²) < 4.78 is 4.28. The van der Waals surface area contributed by atoms with Gasteiger partial charge in [-0.2, -0.15) is 0 Å². The van der Waals surface area contributed by atoms with Gasteiger partial charge >= 0.3 is 0 Å². The van der Waals surface area contributed by atoms with Crippen molar-refractivity contribution in [2.24, 2.45) is 0 Å². The summed E-state index contributed by atoms with van der Waals surface area (Å²) >= 11 is 0. The predicted octanol–water partition coefficient (Wildman–Crippen LogP) is 2.34. The predicted molar refractivity (Wildman–Crippen MR) is 60.8 cm³/mol. The van der Waals surface area contributed by atoms with Gasteiger partial charge in [-0.05, 0) is 12.1 Å². The first-order chi connectivity index (χ1) is 7.40. The first-order valence-corrected chi connectivity index (χ1v) is 5.13. The fourth-order valence-corrected chi connectivity index (χ4v) is 1.52. The summed E-state index contributed by atoms with van der Waals surface area (Å²) in [7, 11) is 0. The molecule has 0 unspecified atom stereocenters. The second kappa shape index (κ2) is 4.60. The molecule has 0 aliphatic carbocycles. The van der Waals surface area contributed by atoms with Gasteiger partial charge in [-0.15, -0.1) is 6.58 Å². The number of hydrogen-bond acceptors (Lipinski definition) is 0. The number of aryl methyl sites for hydroxylation is 1. The van der Waals surface area contributed by atoms with Crippen LogP contribution in [-0.4, -0.2) is 4.57 Å². The average molecular weight is 199 g/mol. The SMILES string of the molecule is C=CCC[n+]1ccn(-c2ccccc2)c1. The molecule has 2 aromatic rings. The van der Waals surface area contributed by atoms with Crippen LogP contribution in [0, 0.1) is 0 Å². The summed E-state index contributed by atoms with van der Waals surface area (Å²) in [5, 5.41) is 0. The van der Waals surface area contributed by atoms with Gasteiger partial charge < -0.3 is 0 Å². The minimum atomic E-state index is 0.989. The number of nitrogens with zero attached hydrogens (tertiary/aromatic N) is 2. The molecule has 0 amide bonds. The van der Waals surface area contributed by atoms with Crippen LogP contribution in [0.5, 0.6) is 0 Å².